The molecule has 12 heteroatoms. The Hall–Kier alpha value is -3.80. The molecule has 3 aromatic heterocycles. The molecule has 2 fully saturated rings. The quantitative estimate of drug-likeness (QED) is 0.324. The van der Waals surface area contributed by atoms with Crippen molar-refractivity contribution < 1.29 is 14.0 Å². The van der Waals surface area contributed by atoms with Crippen LogP contribution in [0.15, 0.2) is 30.6 Å². The lowest BCUT2D eigenvalue weighted by molar-refractivity contribution is -0.122. The first-order valence-electron chi connectivity index (χ1n) is 12.6. The summed E-state index contributed by atoms with van der Waals surface area (Å²) >= 11 is 0. The number of imidazole rings is 1. The molecule has 196 valence electrons. The van der Waals surface area contributed by atoms with Gasteiger partial charge < -0.3 is 26.2 Å². The standard InChI is InChI=1S/C25H32FN9O2/c1-34(2)14-23(36)31-17-7-5-16(6-8-17)30-22-12-19(29-15-3-4-15)24-28-13-20(35(24)33-22)25(37)32-18-9-10-27-21(26)11-18/h9-13,15-17,29H,3-8,14H2,1-2H3,(H,30,33)(H,31,36)(H,27,32,37)/t16-,17-. The highest BCUT2D eigenvalue weighted by molar-refractivity contribution is 6.03. The highest BCUT2D eigenvalue weighted by atomic mass is 19.1. The van der Waals surface area contributed by atoms with Crippen molar-refractivity contribution in [1.82, 2.24) is 29.8 Å². The molecule has 2 aliphatic carbocycles. The van der Waals surface area contributed by atoms with Crippen LogP contribution in [0.1, 0.15) is 49.0 Å². The highest BCUT2D eigenvalue weighted by Crippen LogP contribution is 2.30. The van der Waals surface area contributed by atoms with Crippen molar-refractivity contribution in [2.24, 2.45) is 0 Å². The summed E-state index contributed by atoms with van der Waals surface area (Å²) in [5.74, 6) is -0.444. The Morgan fingerprint density at radius 3 is 2.43 bits per heavy atom. The van der Waals surface area contributed by atoms with E-state index in [2.05, 4.69) is 36.3 Å². The third-order valence-electron chi connectivity index (χ3n) is 6.53. The highest BCUT2D eigenvalue weighted by Gasteiger charge is 2.26. The maximum Gasteiger partial charge on any atom is 0.276 e. The van der Waals surface area contributed by atoms with Crippen LogP contribution < -0.4 is 21.3 Å². The molecule has 3 aromatic rings. The summed E-state index contributed by atoms with van der Waals surface area (Å²) in [6.45, 7) is 0.385. The number of pyridine rings is 1. The Kier molecular flexibility index (Phi) is 7.17. The fourth-order valence-electron chi connectivity index (χ4n) is 4.57. The van der Waals surface area contributed by atoms with E-state index in [1.807, 2.05) is 25.1 Å². The van der Waals surface area contributed by atoms with Crippen molar-refractivity contribution in [1.29, 1.82) is 0 Å². The predicted octanol–water partition coefficient (Wildman–Crippen LogP) is 2.49. The lowest BCUT2D eigenvalue weighted by atomic mass is 9.91. The summed E-state index contributed by atoms with van der Waals surface area (Å²) in [5, 5.41) is 17.5. The van der Waals surface area contributed by atoms with Crippen LogP contribution in [0.4, 0.5) is 21.6 Å². The smallest absolute Gasteiger partial charge is 0.276 e. The van der Waals surface area contributed by atoms with E-state index in [0.717, 1.165) is 50.3 Å². The average Bonchev–Trinajstić information content (AvgIpc) is 3.55. The monoisotopic (exact) mass is 509 g/mol. The van der Waals surface area contributed by atoms with E-state index in [1.165, 1.54) is 23.0 Å². The van der Waals surface area contributed by atoms with Gasteiger partial charge in [0.25, 0.3) is 5.91 Å². The number of fused-ring (bicyclic) bond motifs is 1. The van der Waals surface area contributed by atoms with Gasteiger partial charge in [-0.2, -0.15) is 4.39 Å². The molecule has 0 bridgehead atoms. The number of hydrogen-bond acceptors (Lipinski definition) is 8. The van der Waals surface area contributed by atoms with Gasteiger partial charge in [0.2, 0.25) is 11.9 Å². The van der Waals surface area contributed by atoms with Gasteiger partial charge >= 0.3 is 0 Å². The lowest BCUT2D eigenvalue weighted by Crippen LogP contribution is -2.43. The Morgan fingerprint density at radius 1 is 1.03 bits per heavy atom. The van der Waals surface area contributed by atoms with Crippen molar-refractivity contribution in [3.05, 3.63) is 42.2 Å². The number of aromatic nitrogens is 4. The van der Waals surface area contributed by atoms with Crippen LogP contribution in [-0.2, 0) is 4.79 Å². The van der Waals surface area contributed by atoms with Crippen LogP contribution in [0.5, 0.6) is 0 Å². The second-order valence-electron chi connectivity index (χ2n) is 10.1. The van der Waals surface area contributed by atoms with Crippen molar-refractivity contribution in [3.63, 3.8) is 0 Å². The second-order valence-corrected chi connectivity index (χ2v) is 10.1. The van der Waals surface area contributed by atoms with E-state index in [1.54, 1.807) is 0 Å². The molecule has 0 aliphatic heterocycles. The van der Waals surface area contributed by atoms with Gasteiger partial charge in [0.05, 0.1) is 18.4 Å². The molecule has 0 saturated heterocycles. The number of rotatable bonds is 9. The van der Waals surface area contributed by atoms with E-state index >= 15 is 0 Å². The number of carbonyl (C=O) groups is 2. The fraction of sp³-hybridized carbons (Fsp3) is 0.480. The molecule has 4 N–H and O–H groups in total. The summed E-state index contributed by atoms with van der Waals surface area (Å²) in [5.41, 5.74) is 1.89. The van der Waals surface area contributed by atoms with Crippen LogP contribution in [-0.4, -0.2) is 75.1 Å². The SMILES string of the molecule is CN(C)CC(=O)N[C@H]1CC[C@H](Nc2cc(NC3CC3)c3ncc(C(=O)Nc4ccnc(F)c4)n3n2)CC1. The van der Waals surface area contributed by atoms with Gasteiger partial charge in [-0.3, -0.25) is 9.59 Å². The van der Waals surface area contributed by atoms with Crippen LogP contribution >= 0.6 is 0 Å². The molecule has 2 saturated carbocycles. The second kappa shape index (κ2) is 10.7. The fourth-order valence-corrected chi connectivity index (χ4v) is 4.57. The van der Waals surface area contributed by atoms with Crippen molar-refractivity contribution in [3.8, 4) is 0 Å². The number of hydrogen-bond donors (Lipinski definition) is 4. The number of carbonyl (C=O) groups excluding carboxylic acids is 2. The zero-order chi connectivity index (χ0) is 25.9. The minimum absolute atomic E-state index is 0.0461. The number of amides is 2. The zero-order valence-electron chi connectivity index (χ0n) is 21.0. The number of anilines is 3. The summed E-state index contributed by atoms with van der Waals surface area (Å²) in [4.78, 5) is 34.9. The topological polar surface area (TPSA) is 129 Å². The Labute approximate surface area is 214 Å². The lowest BCUT2D eigenvalue weighted by Gasteiger charge is -2.30. The van der Waals surface area contributed by atoms with Crippen molar-refractivity contribution in [2.75, 3.05) is 36.6 Å². The molecule has 11 nitrogen and oxygen atoms in total. The third-order valence-corrected chi connectivity index (χ3v) is 6.53. The molecule has 2 amide bonds. The van der Waals surface area contributed by atoms with Crippen LogP contribution in [0.25, 0.3) is 5.65 Å². The van der Waals surface area contributed by atoms with Crippen molar-refractivity contribution in [2.45, 2.75) is 56.7 Å². The number of nitrogens with one attached hydrogen (secondary N) is 4. The Balaban J connectivity index is 1.31. The summed E-state index contributed by atoms with van der Waals surface area (Å²) in [6, 6.07) is 5.36. The van der Waals surface area contributed by atoms with Crippen LogP contribution in [0.2, 0.25) is 0 Å². The van der Waals surface area contributed by atoms with Crippen LogP contribution in [0.3, 0.4) is 0 Å². The Morgan fingerprint density at radius 2 is 1.73 bits per heavy atom. The first-order chi connectivity index (χ1) is 17.8. The normalized spacial score (nSPS) is 19.6. The largest absolute Gasteiger partial charge is 0.379 e. The van der Waals surface area contributed by atoms with E-state index in [4.69, 9.17) is 0 Å². The van der Waals surface area contributed by atoms with Gasteiger partial charge in [0.15, 0.2) is 11.3 Å². The molecule has 0 spiro atoms. The van der Waals surface area contributed by atoms with E-state index in [9.17, 15) is 14.0 Å². The number of halogens is 1. The molecular formula is C25H32FN9O2. The summed E-state index contributed by atoms with van der Waals surface area (Å²) in [6.07, 6.45) is 8.48. The molecule has 0 atom stereocenters. The van der Waals surface area contributed by atoms with Crippen molar-refractivity contribution >= 4 is 34.7 Å². The maximum atomic E-state index is 13.5. The van der Waals surface area contributed by atoms with Gasteiger partial charge in [0.1, 0.15) is 5.82 Å². The third kappa shape index (κ3) is 6.31. The number of nitrogens with zero attached hydrogens (tertiary/aromatic N) is 5. The molecule has 0 unspecified atom stereocenters. The summed E-state index contributed by atoms with van der Waals surface area (Å²) < 4.78 is 15.0. The first-order valence-corrected chi connectivity index (χ1v) is 12.6. The maximum absolute atomic E-state index is 13.5. The van der Waals surface area contributed by atoms with Crippen LogP contribution in [0, 0.1) is 5.95 Å². The van der Waals surface area contributed by atoms with Gasteiger partial charge in [0, 0.05) is 42.1 Å². The molecular weight excluding hydrogens is 477 g/mol. The zero-order valence-corrected chi connectivity index (χ0v) is 21.0. The van der Waals surface area contributed by atoms with Gasteiger partial charge in [-0.05, 0) is 58.7 Å². The molecule has 5 rings (SSSR count). The molecule has 37 heavy (non-hydrogen) atoms. The van der Waals surface area contributed by atoms with E-state index < -0.39 is 11.9 Å². The number of likely N-dealkylation sites (N-methyl/N-ethyl adjacent to an activating group) is 1. The Bertz CT molecular complexity index is 1280. The van der Waals surface area contributed by atoms with E-state index in [-0.39, 0.29) is 23.7 Å². The average molecular weight is 510 g/mol. The van der Waals surface area contributed by atoms with E-state index in [0.29, 0.717) is 29.7 Å². The van der Waals surface area contributed by atoms with Gasteiger partial charge in [-0.25, -0.2) is 14.5 Å². The molecule has 2 aliphatic rings. The summed E-state index contributed by atoms with van der Waals surface area (Å²) in [7, 11) is 3.76. The minimum Gasteiger partial charge on any atom is -0.379 e. The molecule has 0 aromatic carbocycles. The predicted molar refractivity (Wildman–Crippen MR) is 138 cm³/mol. The first kappa shape index (κ1) is 24.9. The minimum atomic E-state index is -0.677. The molecule has 3 heterocycles. The molecule has 0 radical (unpaired) electrons. The van der Waals surface area contributed by atoms with Gasteiger partial charge in [-0.1, -0.05) is 0 Å². The van der Waals surface area contributed by atoms with Gasteiger partial charge in [-0.15, -0.1) is 5.10 Å².